The Morgan fingerprint density at radius 1 is 1.21 bits per heavy atom. The van der Waals surface area contributed by atoms with Crippen LogP contribution in [0, 0.1) is 11.3 Å². The summed E-state index contributed by atoms with van der Waals surface area (Å²) in [5, 5.41) is 12.5. The van der Waals surface area contributed by atoms with Crippen molar-refractivity contribution in [3.05, 3.63) is 35.3 Å². The number of hydrogen-bond donors (Lipinski definition) is 2. The highest BCUT2D eigenvalue weighted by molar-refractivity contribution is 5.68. The van der Waals surface area contributed by atoms with Crippen molar-refractivity contribution in [2.24, 2.45) is 0 Å². The van der Waals surface area contributed by atoms with Crippen LogP contribution in [0.1, 0.15) is 17.1 Å². The van der Waals surface area contributed by atoms with Crippen LogP contribution in [0.15, 0.2) is 22.6 Å². The normalized spacial score (nSPS) is 14.8. The number of aromatic nitrogens is 1. The Morgan fingerprint density at radius 3 is 2.71 bits per heavy atom. The van der Waals surface area contributed by atoms with Gasteiger partial charge in [-0.05, 0) is 23.8 Å². The van der Waals surface area contributed by atoms with Crippen molar-refractivity contribution in [1.82, 2.24) is 4.98 Å². The summed E-state index contributed by atoms with van der Waals surface area (Å²) in [6.45, 7) is 5.24. The largest absolute Gasteiger partial charge is 0.493 e. The van der Waals surface area contributed by atoms with E-state index in [2.05, 4.69) is 16.4 Å². The Hall–Kier alpha value is -3.02. The van der Waals surface area contributed by atoms with Crippen LogP contribution in [0.4, 0.5) is 5.88 Å². The van der Waals surface area contributed by atoms with Gasteiger partial charge < -0.3 is 28.8 Å². The molecule has 0 radical (unpaired) electrons. The molecule has 28 heavy (non-hydrogen) atoms. The number of nitriles is 1. The number of rotatable bonds is 8. The maximum atomic E-state index is 9.30. The van der Waals surface area contributed by atoms with E-state index in [0.717, 1.165) is 38.4 Å². The molecular weight excluding hydrogens is 360 g/mol. The second kappa shape index (κ2) is 9.78. The van der Waals surface area contributed by atoms with Crippen LogP contribution in [-0.2, 0) is 4.74 Å². The highest BCUT2D eigenvalue weighted by atomic mass is 16.5. The summed E-state index contributed by atoms with van der Waals surface area (Å²) in [5.74, 6) is 2.08. The van der Waals surface area contributed by atoms with Crippen LogP contribution in [-0.4, -0.2) is 58.6 Å². The maximum Gasteiger partial charge on any atom is 0.232 e. The topological polar surface area (TPSA) is 94.0 Å². The number of oxazole rings is 1. The lowest BCUT2D eigenvalue weighted by Gasteiger charge is -2.23. The van der Waals surface area contributed by atoms with E-state index < -0.39 is 0 Å². The molecule has 0 bridgehead atoms. The van der Waals surface area contributed by atoms with Crippen molar-refractivity contribution in [3.8, 4) is 17.6 Å². The molecule has 0 unspecified atom stereocenters. The zero-order valence-corrected chi connectivity index (χ0v) is 16.2. The van der Waals surface area contributed by atoms with E-state index in [-0.39, 0.29) is 5.69 Å². The number of methoxy groups -OCH3 is 2. The fourth-order valence-electron chi connectivity index (χ4n) is 2.99. The average Bonchev–Trinajstić information content (AvgIpc) is 3.15. The third kappa shape index (κ3) is 5.03. The summed E-state index contributed by atoms with van der Waals surface area (Å²) in [4.78, 5) is 5.70. The quantitative estimate of drug-likeness (QED) is 0.702. The molecule has 2 aromatic rings. The molecule has 2 heterocycles. The van der Waals surface area contributed by atoms with Crippen molar-refractivity contribution in [2.75, 3.05) is 58.9 Å². The number of ether oxygens (including phenoxy) is 3. The van der Waals surface area contributed by atoms with Gasteiger partial charge >= 0.3 is 0 Å². The molecule has 0 amide bonds. The Balaban J connectivity index is 1.63. The van der Waals surface area contributed by atoms with E-state index in [0.29, 0.717) is 29.8 Å². The van der Waals surface area contributed by atoms with Crippen LogP contribution in [0.25, 0.3) is 12.2 Å². The van der Waals surface area contributed by atoms with Gasteiger partial charge in [-0.2, -0.15) is 10.2 Å². The second-order valence-electron chi connectivity index (χ2n) is 6.33. The Labute approximate surface area is 164 Å². The molecule has 1 aromatic carbocycles. The van der Waals surface area contributed by atoms with Gasteiger partial charge in [0.15, 0.2) is 11.5 Å². The van der Waals surface area contributed by atoms with E-state index in [4.69, 9.17) is 18.6 Å². The van der Waals surface area contributed by atoms with E-state index >= 15 is 0 Å². The first-order valence-corrected chi connectivity index (χ1v) is 9.19. The molecule has 0 atom stereocenters. The summed E-state index contributed by atoms with van der Waals surface area (Å²) in [6.07, 6.45) is 3.57. The second-order valence-corrected chi connectivity index (χ2v) is 6.33. The van der Waals surface area contributed by atoms with Crippen LogP contribution < -0.4 is 19.7 Å². The molecule has 8 nitrogen and oxygen atoms in total. The van der Waals surface area contributed by atoms with Crippen LogP contribution in [0.3, 0.4) is 0 Å². The van der Waals surface area contributed by atoms with Crippen molar-refractivity contribution >= 4 is 18.0 Å². The first-order valence-electron chi connectivity index (χ1n) is 9.19. The third-order valence-corrected chi connectivity index (χ3v) is 4.54. The number of hydrogen-bond acceptors (Lipinski definition) is 7. The lowest BCUT2D eigenvalue weighted by Crippen LogP contribution is -3.14. The molecule has 1 aliphatic heterocycles. The standard InChI is InChI=1S/C20H24N4O4/c1-25-17-5-3-15(13-18(17)26-2)4-6-19-23-16(14-21)20(28-19)22-7-8-24-9-11-27-12-10-24/h3-6,13,22H,7-12H2,1-2H3/p+1/b6-4+. The van der Waals surface area contributed by atoms with Gasteiger partial charge in [-0.25, -0.2) is 0 Å². The number of morpholine rings is 1. The summed E-state index contributed by atoms with van der Waals surface area (Å²) in [6, 6.07) is 7.65. The lowest BCUT2D eigenvalue weighted by molar-refractivity contribution is -0.906. The summed E-state index contributed by atoms with van der Waals surface area (Å²) in [5.41, 5.74) is 1.16. The summed E-state index contributed by atoms with van der Waals surface area (Å²) in [7, 11) is 3.19. The van der Waals surface area contributed by atoms with E-state index in [1.807, 2.05) is 24.3 Å². The summed E-state index contributed by atoms with van der Waals surface area (Å²) < 4.78 is 21.6. The fraction of sp³-hybridized carbons (Fsp3) is 0.400. The third-order valence-electron chi connectivity index (χ3n) is 4.54. The highest BCUT2D eigenvalue weighted by Gasteiger charge is 2.15. The Morgan fingerprint density at radius 2 is 2.00 bits per heavy atom. The monoisotopic (exact) mass is 385 g/mol. The van der Waals surface area contributed by atoms with Crippen molar-refractivity contribution < 1.29 is 23.5 Å². The van der Waals surface area contributed by atoms with Gasteiger partial charge in [0.1, 0.15) is 19.2 Å². The van der Waals surface area contributed by atoms with E-state index in [9.17, 15) is 5.26 Å². The zero-order valence-electron chi connectivity index (χ0n) is 16.2. The highest BCUT2D eigenvalue weighted by Crippen LogP contribution is 2.28. The Bertz CT molecular complexity index is 850. The molecule has 2 N–H and O–H groups in total. The van der Waals surface area contributed by atoms with Gasteiger partial charge in [0.25, 0.3) is 0 Å². The molecule has 1 aliphatic rings. The molecule has 3 rings (SSSR count). The minimum Gasteiger partial charge on any atom is -0.493 e. The molecule has 8 heteroatoms. The van der Waals surface area contributed by atoms with Gasteiger partial charge in [-0.15, -0.1) is 0 Å². The minimum absolute atomic E-state index is 0.254. The lowest BCUT2D eigenvalue weighted by atomic mass is 10.2. The molecule has 1 aromatic heterocycles. The molecule has 1 fully saturated rings. The van der Waals surface area contributed by atoms with Gasteiger partial charge in [-0.1, -0.05) is 6.07 Å². The van der Waals surface area contributed by atoms with E-state index in [1.54, 1.807) is 20.3 Å². The van der Waals surface area contributed by atoms with Gasteiger partial charge in [0.05, 0.1) is 40.5 Å². The first-order chi connectivity index (χ1) is 13.7. The predicted octanol–water partition coefficient (Wildman–Crippen LogP) is 1.06. The number of benzene rings is 1. The van der Waals surface area contributed by atoms with Gasteiger partial charge in [0.2, 0.25) is 17.5 Å². The number of nitrogens with zero attached hydrogens (tertiary/aromatic N) is 2. The molecule has 1 saturated heterocycles. The molecule has 148 valence electrons. The van der Waals surface area contributed by atoms with Gasteiger partial charge in [0, 0.05) is 6.08 Å². The smallest absolute Gasteiger partial charge is 0.232 e. The molecule has 0 spiro atoms. The average molecular weight is 385 g/mol. The predicted molar refractivity (Wildman–Crippen MR) is 105 cm³/mol. The minimum atomic E-state index is 0.254. The zero-order chi connectivity index (χ0) is 19.8. The van der Waals surface area contributed by atoms with Crippen LogP contribution >= 0.6 is 0 Å². The Kier molecular flexibility index (Phi) is 6.89. The maximum absolute atomic E-state index is 9.30. The number of nitrogens with one attached hydrogen (secondary N) is 2. The number of anilines is 1. The van der Waals surface area contributed by atoms with Crippen molar-refractivity contribution in [1.29, 1.82) is 5.26 Å². The van der Waals surface area contributed by atoms with Crippen molar-refractivity contribution in [3.63, 3.8) is 0 Å². The molecule has 0 saturated carbocycles. The van der Waals surface area contributed by atoms with Gasteiger partial charge in [-0.3, -0.25) is 0 Å². The first kappa shape index (κ1) is 19.7. The van der Waals surface area contributed by atoms with Crippen molar-refractivity contribution in [2.45, 2.75) is 0 Å². The summed E-state index contributed by atoms with van der Waals surface area (Å²) >= 11 is 0. The van der Waals surface area contributed by atoms with Crippen LogP contribution in [0.5, 0.6) is 11.5 Å². The fourth-order valence-corrected chi connectivity index (χ4v) is 2.99. The molecule has 0 aliphatic carbocycles. The number of quaternary nitrogens is 1. The van der Waals surface area contributed by atoms with Crippen LogP contribution in [0.2, 0.25) is 0 Å². The molecular formula is C20H25N4O4+. The SMILES string of the molecule is COc1ccc(/C=C/c2nc(C#N)c(NCC[NH+]3CCOCC3)o2)cc1OC. The van der Waals surface area contributed by atoms with E-state index in [1.165, 1.54) is 4.90 Å².